The molecule has 3 rings (SSSR count). The summed E-state index contributed by atoms with van der Waals surface area (Å²) in [6.07, 6.45) is 3.56. The third kappa shape index (κ3) is 0.911. The molecule has 16 heavy (non-hydrogen) atoms. The molecule has 0 aliphatic carbocycles. The van der Waals surface area contributed by atoms with Crippen molar-refractivity contribution >= 4 is 18.6 Å². The first kappa shape index (κ1) is 9.90. The van der Waals surface area contributed by atoms with Crippen LogP contribution in [0.5, 0.6) is 0 Å². The lowest BCUT2D eigenvalue weighted by atomic mass is 9.67. The van der Waals surface area contributed by atoms with Crippen molar-refractivity contribution in [2.45, 2.75) is 25.8 Å². The van der Waals surface area contributed by atoms with Gasteiger partial charge in [0.2, 0.25) is 0 Å². The van der Waals surface area contributed by atoms with Gasteiger partial charge >= 0.3 is 18.6 Å². The number of allylic oxidation sites excluding steroid dienone is 1. The van der Waals surface area contributed by atoms with Gasteiger partial charge in [0.05, 0.1) is 0 Å². The molecule has 0 N–H and O–H groups in total. The van der Waals surface area contributed by atoms with E-state index in [1.54, 1.807) is 12.1 Å². The van der Waals surface area contributed by atoms with Gasteiger partial charge in [-0.25, -0.2) is 4.79 Å². The zero-order valence-corrected chi connectivity index (χ0v) is 9.22. The molecular weight excluding hydrogens is 209 g/mol. The second-order valence-corrected chi connectivity index (χ2v) is 4.82. The average molecular weight is 223 g/mol. The molecule has 0 radical (unpaired) electrons. The molecule has 0 bridgehead atoms. The fourth-order valence-electron chi connectivity index (χ4n) is 3.51. The van der Waals surface area contributed by atoms with E-state index in [0.29, 0.717) is 4.39 Å². The highest BCUT2D eigenvalue weighted by molar-refractivity contribution is 6.71. The molecule has 3 aliphatic heterocycles. The van der Waals surface area contributed by atoms with E-state index in [1.807, 2.05) is 6.92 Å². The summed E-state index contributed by atoms with van der Waals surface area (Å²) < 4.78 is 11.2. The first-order valence-electron chi connectivity index (χ1n) is 5.73. The quantitative estimate of drug-likeness (QED) is 0.593. The van der Waals surface area contributed by atoms with Crippen molar-refractivity contribution in [3.8, 4) is 0 Å². The van der Waals surface area contributed by atoms with Gasteiger partial charge in [-0.15, -0.1) is 6.08 Å². The predicted octanol–water partition coefficient (Wildman–Crippen LogP) is 0.133. The van der Waals surface area contributed by atoms with Gasteiger partial charge in [0.15, 0.2) is 0 Å². The molecule has 86 valence electrons. The predicted molar refractivity (Wildman–Crippen MR) is 55.8 cm³/mol. The highest BCUT2D eigenvalue weighted by Gasteiger charge is 2.71. The smallest absolute Gasteiger partial charge is 0.596 e. The van der Waals surface area contributed by atoms with E-state index >= 15 is 0 Å². The molecule has 3 heterocycles. The van der Waals surface area contributed by atoms with Crippen LogP contribution in [0.2, 0.25) is 0 Å². The monoisotopic (exact) mass is 223 g/mol. The van der Waals surface area contributed by atoms with E-state index in [0.717, 1.165) is 19.4 Å². The molecule has 0 saturated carbocycles. The van der Waals surface area contributed by atoms with Gasteiger partial charge in [-0.3, -0.25) is 4.79 Å². The number of hydrogen-bond acceptors (Lipinski definition) is 4. The van der Waals surface area contributed by atoms with Crippen LogP contribution in [-0.2, 0) is 18.9 Å². The topological polar surface area (TPSA) is 52.6 Å². The Kier molecular flexibility index (Phi) is 1.78. The summed E-state index contributed by atoms with van der Waals surface area (Å²) in [4.78, 5) is 23.3. The summed E-state index contributed by atoms with van der Waals surface area (Å²) in [5.74, 6) is 1.30. The lowest BCUT2D eigenvalue weighted by Gasteiger charge is -2.41. The maximum Gasteiger partial charge on any atom is 0.607 e. The van der Waals surface area contributed by atoms with Crippen LogP contribution in [0.1, 0.15) is 19.8 Å². The second-order valence-electron chi connectivity index (χ2n) is 4.82. The van der Waals surface area contributed by atoms with Crippen LogP contribution in [0.4, 0.5) is 0 Å². The van der Waals surface area contributed by atoms with Crippen molar-refractivity contribution in [3.05, 3.63) is 12.1 Å². The SMILES string of the molecule is C/C=C/[B-]12OC(=O)C[N+]13CCC[C@H]3C(=O)O2. The lowest BCUT2D eigenvalue weighted by Crippen LogP contribution is -2.62. The molecule has 0 amide bonds. The minimum atomic E-state index is -1.91. The minimum absolute atomic E-state index is 0.192. The van der Waals surface area contributed by atoms with Gasteiger partial charge in [0, 0.05) is 13.0 Å². The second kappa shape index (κ2) is 2.88. The zero-order valence-electron chi connectivity index (χ0n) is 9.22. The van der Waals surface area contributed by atoms with E-state index < -0.39 is 6.69 Å². The first-order chi connectivity index (χ1) is 7.63. The average Bonchev–Trinajstić information content (AvgIpc) is 2.76. The Balaban J connectivity index is 2.13. The molecule has 3 aliphatic rings. The van der Waals surface area contributed by atoms with Crippen LogP contribution in [-0.4, -0.2) is 42.2 Å². The zero-order chi connectivity index (χ0) is 11.4. The molecule has 3 fully saturated rings. The highest BCUT2D eigenvalue weighted by atomic mass is 16.7. The van der Waals surface area contributed by atoms with Crippen molar-refractivity contribution in [2.75, 3.05) is 13.1 Å². The van der Waals surface area contributed by atoms with Crippen molar-refractivity contribution < 1.29 is 23.3 Å². The Morgan fingerprint density at radius 3 is 3.00 bits per heavy atom. The van der Waals surface area contributed by atoms with E-state index in [-0.39, 0.29) is 24.5 Å². The van der Waals surface area contributed by atoms with Gasteiger partial charge < -0.3 is 13.7 Å². The number of hydrogen-bond donors (Lipinski definition) is 0. The molecule has 0 aromatic rings. The van der Waals surface area contributed by atoms with Crippen LogP contribution in [0.25, 0.3) is 0 Å². The molecule has 0 aromatic carbocycles. The molecule has 1 spiro atoms. The normalized spacial score (nSPS) is 45.7. The maximum atomic E-state index is 11.8. The van der Waals surface area contributed by atoms with Crippen LogP contribution in [0.15, 0.2) is 12.1 Å². The highest BCUT2D eigenvalue weighted by Crippen LogP contribution is 2.45. The Labute approximate surface area is 93.6 Å². The Bertz CT molecular complexity index is 410. The summed E-state index contributed by atoms with van der Waals surface area (Å²) in [5.41, 5.74) is 0. The summed E-state index contributed by atoms with van der Waals surface area (Å²) >= 11 is 0. The Hall–Kier alpha value is -1.30. The van der Waals surface area contributed by atoms with Gasteiger partial charge in [-0.2, -0.15) is 0 Å². The number of carbonyl (C=O) groups is 2. The van der Waals surface area contributed by atoms with Crippen molar-refractivity contribution in [1.29, 1.82) is 0 Å². The van der Waals surface area contributed by atoms with Gasteiger partial charge in [0.1, 0.15) is 12.6 Å². The van der Waals surface area contributed by atoms with E-state index in [2.05, 4.69) is 0 Å². The van der Waals surface area contributed by atoms with Crippen LogP contribution in [0, 0.1) is 0 Å². The number of quaternary nitrogens is 1. The Morgan fingerprint density at radius 1 is 1.44 bits per heavy atom. The minimum Gasteiger partial charge on any atom is -0.596 e. The van der Waals surface area contributed by atoms with E-state index in [4.69, 9.17) is 9.31 Å². The molecule has 0 aromatic heterocycles. The fourth-order valence-corrected chi connectivity index (χ4v) is 3.51. The third-order valence-electron chi connectivity index (χ3n) is 4.11. The summed E-state index contributed by atoms with van der Waals surface area (Å²) in [6, 6.07) is -0.192. The first-order valence-corrected chi connectivity index (χ1v) is 5.73. The standard InChI is InChI=1S/C10H14BNO4/c1-2-5-11-12(7-9(13)15-11)6-3-4-8(12)10(14)16-11/h2,5,8H,3-4,6-7H2,1H3/b5-2+/t8-,11?,12?/m0/s1. The van der Waals surface area contributed by atoms with E-state index in [9.17, 15) is 9.59 Å². The third-order valence-corrected chi connectivity index (χ3v) is 4.11. The van der Waals surface area contributed by atoms with Crippen molar-refractivity contribution in [2.24, 2.45) is 0 Å². The molecule has 3 atom stereocenters. The molecule has 2 unspecified atom stereocenters. The number of nitrogens with zero attached hydrogens (tertiary/aromatic N) is 1. The molecule has 3 saturated heterocycles. The summed E-state index contributed by atoms with van der Waals surface area (Å²) in [5, 5.41) is 0. The van der Waals surface area contributed by atoms with Gasteiger partial charge in [0.25, 0.3) is 0 Å². The molecular formula is C10H14BNO4. The fraction of sp³-hybridized carbons (Fsp3) is 0.600. The largest absolute Gasteiger partial charge is 0.607 e. The summed E-state index contributed by atoms with van der Waals surface area (Å²) in [7, 11) is 0. The lowest BCUT2D eigenvalue weighted by molar-refractivity contribution is -0.824. The van der Waals surface area contributed by atoms with Crippen molar-refractivity contribution in [1.82, 2.24) is 0 Å². The van der Waals surface area contributed by atoms with Gasteiger partial charge in [-0.1, -0.05) is 5.98 Å². The molecule has 6 heteroatoms. The molecule has 5 nitrogen and oxygen atoms in total. The Morgan fingerprint density at radius 2 is 2.25 bits per heavy atom. The van der Waals surface area contributed by atoms with Gasteiger partial charge in [-0.05, 0) is 13.3 Å². The number of rotatable bonds is 1. The van der Waals surface area contributed by atoms with Crippen molar-refractivity contribution in [3.63, 3.8) is 0 Å². The van der Waals surface area contributed by atoms with Crippen LogP contribution < -0.4 is 0 Å². The summed E-state index contributed by atoms with van der Waals surface area (Å²) in [6.45, 7) is 1.01. The van der Waals surface area contributed by atoms with E-state index in [1.165, 1.54) is 0 Å². The maximum absolute atomic E-state index is 11.8. The van der Waals surface area contributed by atoms with Crippen LogP contribution in [0.3, 0.4) is 0 Å². The van der Waals surface area contributed by atoms with Crippen LogP contribution >= 0.6 is 0 Å². The number of carbonyl (C=O) groups excluding carboxylic acids is 2.